The molecule has 0 N–H and O–H groups in total. The molecular weight excluding hydrogens is 244 g/mol. The van der Waals surface area contributed by atoms with Gasteiger partial charge in [-0.2, -0.15) is 0 Å². The van der Waals surface area contributed by atoms with Gasteiger partial charge in [-0.15, -0.1) is 0 Å². The van der Waals surface area contributed by atoms with Gasteiger partial charge in [-0.3, -0.25) is 9.59 Å². The zero-order chi connectivity index (χ0) is 13.9. The molecule has 1 aromatic rings. The molecule has 0 fully saturated rings. The summed E-state index contributed by atoms with van der Waals surface area (Å²) in [5.74, 6) is -0.535. The van der Waals surface area contributed by atoms with Crippen LogP contribution in [0.15, 0.2) is 24.3 Å². The van der Waals surface area contributed by atoms with Crippen molar-refractivity contribution in [3.63, 3.8) is 0 Å². The van der Waals surface area contributed by atoms with E-state index in [1.165, 1.54) is 14.2 Å². The number of carbonyl (C=O) groups is 2. The van der Waals surface area contributed by atoms with Gasteiger partial charge < -0.3 is 9.47 Å². The first-order chi connectivity index (χ1) is 9.11. The summed E-state index contributed by atoms with van der Waals surface area (Å²) in [5, 5.41) is 0. The Bertz CT molecular complexity index is 468. The van der Waals surface area contributed by atoms with Crippen LogP contribution in [0.1, 0.15) is 24.0 Å². The summed E-state index contributed by atoms with van der Waals surface area (Å²) in [6, 6.07) is 7.98. The van der Waals surface area contributed by atoms with Crippen molar-refractivity contribution in [3.05, 3.63) is 35.4 Å². The van der Waals surface area contributed by atoms with Crippen molar-refractivity contribution in [1.29, 1.82) is 0 Å². The highest BCUT2D eigenvalue weighted by Crippen LogP contribution is 2.41. The second kappa shape index (κ2) is 5.43. The van der Waals surface area contributed by atoms with E-state index >= 15 is 0 Å². The Balaban J connectivity index is 2.20. The molecule has 4 heteroatoms. The third kappa shape index (κ3) is 2.62. The van der Waals surface area contributed by atoms with Gasteiger partial charge in [0.25, 0.3) is 0 Å². The number of hydrogen-bond acceptors (Lipinski definition) is 4. The molecule has 4 nitrogen and oxygen atoms in total. The van der Waals surface area contributed by atoms with Crippen LogP contribution in [0.4, 0.5) is 0 Å². The van der Waals surface area contributed by atoms with Crippen molar-refractivity contribution in [3.8, 4) is 0 Å². The van der Waals surface area contributed by atoms with Crippen LogP contribution in [0.3, 0.4) is 0 Å². The maximum atomic E-state index is 12.1. The summed E-state index contributed by atoms with van der Waals surface area (Å²) < 4.78 is 9.60. The fourth-order valence-electron chi connectivity index (χ4n) is 2.78. The lowest BCUT2D eigenvalue weighted by molar-refractivity contribution is -0.153. The normalized spacial score (nSPS) is 15.7. The van der Waals surface area contributed by atoms with E-state index in [0.717, 1.165) is 11.1 Å². The molecule has 0 amide bonds. The molecular formula is C15H18O4. The zero-order valence-corrected chi connectivity index (χ0v) is 11.3. The molecule has 1 aliphatic rings. The lowest BCUT2D eigenvalue weighted by atomic mass is 9.80. The number of methoxy groups -OCH3 is 2. The molecule has 0 bridgehead atoms. The fourth-order valence-corrected chi connectivity index (χ4v) is 2.78. The van der Waals surface area contributed by atoms with Crippen molar-refractivity contribution in [1.82, 2.24) is 0 Å². The number of fused-ring (bicyclic) bond motifs is 1. The Morgan fingerprint density at radius 2 is 1.68 bits per heavy atom. The minimum Gasteiger partial charge on any atom is -0.469 e. The molecule has 2 rings (SSSR count). The topological polar surface area (TPSA) is 52.6 Å². The first kappa shape index (κ1) is 13.6. The van der Waals surface area contributed by atoms with Crippen molar-refractivity contribution in [2.75, 3.05) is 14.2 Å². The van der Waals surface area contributed by atoms with E-state index in [0.29, 0.717) is 19.3 Å². The van der Waals surface area contributed by atoms with Gasteiger partial charge in [-0.05, 0) is 30.4 Å². The first-order valence-electron chi connectivity index (χ1n) is 6.33. The first-order valence-corrected chi connectivity index (χ1v) is 6.33. The molecule has 0 spiro atoms. The van der Waals surface area contributed by atoms with E-state index in [2.05, 4.69) is 4.74 Å². The molecule has 19 heavy (non-hydrogen) atoms. The third-order valence-corrected chi connectivity index (χ3v) is 3.83. The predicted octanol–water partition coefficient (Wildman–Crippen LogP) is 1.90. The molecule has 0 atom stereocenters. The Labute approximate surface area is 112 Å². The lowest BCUT2D eigenvalue weighted by Gasteiger charge is -2.25. The number of carbonyl (C=O) groups excluding carboxylic acids is 2. The van der Waals surface area contributed by atoms with Crippen molar-refractivity contribution >= 4 is 11.9 Å². The average molecular weight is 262 g/mol. The number of rotatable bonds is 4. The second-order valence-corrected chi connectivity index (χ2v) is 4.97. The van der Waals surface area contributed by atoms with Gasteiger partial charge in [0.05, 0.1) is 19.6 Å². The maximum Gasteiger partial charge on any atom is 0.312 e. The Morgan fingerprint density at radius 3 is 2.16 bits per heavy atom. The van der Waals surface area contributed by atoms with Gasteiger partial charge in [0, 0.05) is 6.42 Å². The van der Waals surface area contributed by atoms with Crippen molar-refractivity contribution in [2.24, 2.45) is 5.41 Å². The minimum atomic E-state index is -0.618. The molecule has 1 aromatic carbocycles. The summed E-state index contributed by atoms with van der Waals surface area (Å²) in [7, 11) is 2.75. The summed E-state index contributed by atoms with van der Waals surface area (Å²) in [5.41, 5.74) is 1.71. The molecule has 0 saturated heterocycles. The Kier molecular flexibility index (Phi) is 3.88. The van der Waals surface area contributed by atoms with Gasteiger partial charge in [0.1, 0.15) is 0 Å². The zero-order valence-electron chi connectivity index (χ0n) is 11.3. The van der Waals surface area contributed by atoms with Gasteiger partial charge in [-0.1, -0.05) is 24.3 Å². The van der Waals surface area contributed by atoms with E-state index in [9.17, 15) is 9.59 Å². The second-order valence-electron chi connectivity index (χ2n) is 4.97. The molecule has 0 unspecified atom stereocenters. The summed E-state index contributed by atoms with van der Waals surface area (Å²) >= 11 is 0. The predicted molar refractivity (Wildman–Crippen MR) is 69.5 cm³/mol. The van der Waals surface area contributed by atoms with E-state index in [1.54, 1.807) is 0 Å². The largest absolute Gasteiger partial charge is 0.469 e. The van der Waals surface area contributed by atoms with Crippen LogP contribution in [0, 0.1) is 5.41 Å². The molecule has 102 valence electrons. The number of hydrogen-bond donors (Lipinski definition) is 0. The van der Waals surface area contributed by atoms with E-state index in [-0.39, 0.29) is 18.4 Å². The summed E-state index contributed by atoms with van der Waals surface area (Å²) in [6.07, 6.45) is 1.96. The van der Waals surface area contributed by atoms with Gasteiger partial charge in [0.15, 0.2) is 0 Å². The molecule has 0 aromatic heterocycles. The average Bonchev–Trinajstić information content (AvgIpc) is 2.83. The van der Waals surface area contributed by atoms with Crippen molar-refractivity contribution < 1.29 is 19.1 Å². The van der Waals surface area contributed by atoms with Crippen LogP contribution in [0.5, 0.6) is 0 Å². The van der Waals surface area contributed by atoms with Gasteiger partial charge in [0.2, 0.25) is 0 Å². The fraction of sp³-hybridized carbons (Fsp3) is 0.467. The molecule has 0 heterocycles. The van der Waals surface area contributed by atoms with Gasteiger partial charge in [-0.25, -0.2) is 0 Å². The van der Waals surface area contributed by atoms with Crippen molar-refractivity contribution in [2.45, 2.75) is 25.7 Å². The number of ether oxygens (including phenoxy) is 2. The smallest absolute Gasteiger partial charge is 0.312 e. The molecule has 1 aliphatic carbocycles. The summed E-state index contributed by atoms with van der Waals surface area (Å²) in [4.78, 5) is 23.5. The highest BCUT2D eigenvalue weighted by atomic mass is 16.5. The van der Waals surface area contributed by atoms with Crippen LogP contribution in [-0.4, -0.2) is 26.2 Å². The lowest BCUT2D eigenvalue weighted by Crippen LogP contribution is -2.34. The Morgan fingerprint density at radius 1 is 1.11 bits per heavy atom. The summed E-state index contributed by atoms with van der Waals surface area (Å²) in [6.45, 7) is 0. The highest BCUT2D eigenvalue weighted by molar-refractivity contribution is 5.80. The molecule has 0 aliphatic heterocycles. The Hall–Kier alpha value is -1.84. The van der Waals surface area contributed by atoms with Crippen LogP contribution in [0.2, 0.25) is 0 Å². The van der Waals surface area contributed by atoms with Gasteiger partial charge >= 0.3 is 11.9 Å². The van der Waals surface area contributed by atoms with Crippen LogP contribution in [-0.2, 0) is 31.9 Å². The van der Waals surface area contributed by atoms with Crippen LogP contribution in [0.25, 0.3) is 0 Å². The number of benzene rings is 1. The SMILES string of the molecule is COC(=O)CCC1(C(=O)OC)Cc2ccccc2C1. The van der Waals surface area contributed by atoms with E-state index < -0.39 is 5.41 Å². The highest BCUT2D eigenvalue weighted by Gasteiger charge is 2.44. The standard InChI is InChI=1S/C15H18O4/c1-18-13(16)7-8-15(14(17)19-2)9-11-5-3-4-6-12(11)10-15/h3-6H,7-10H2,1-2H3. The molecule has 0 saturated carbocycles. The minimum absolute atomic E-state index is 0.236. The number of esters is 2. The van der Waals surface area contributed by atoms with Crippen LogP contribution >= 0.6 is 0 Å². The molecule has 0 radical (unpaired) electrons. The third-order valence-electron chi connectivity index (χ3n) is 3.83. The van der Waals surface area contributed by atoms with Crippen LogP contribution < -0.4 is 0 Å². The maximum absolute atomic E-state index is 12.1. The van der Waals surface area contributed by atoms with E-state index in [1.807, 2.05) is 24.3 Å². The quantitative estimate of drug-likeness (QED) is 0.778. The monoisotopic (exact) mass is 262 g/mol. The van der Waals surface area contributed by atoms with E-state index in [4.69, 9.17) is 4.74 Å².